The molecular formula is C87H56N4S. The van der Waals surface area contributed by atoms with Gasteiger partial charge in [-0.3, -0.25) is 0 Å². The fourth-order valence-electron chi connectivity index (χ4n) is 16.7. The van der Waals surface area contributed by atoms with Crippen LogP contribution in [0.5, 0.6) is 0 Å². The summed E-state index contributed by atoms with van der Waals surface area (Å²) in [5, 5.41) is 2.49. The van der Waals surface area contributed by atoms with Crippen molar-refractivity contribution in [2.45, 2.75) is 17.8 Å². The zero-order valence-electron chi connectivity index (χ0n) is 50.3. The van der Waals surface area contributed by atoms with Crippen molar-refractivity contribution in [1.29, 1.82) is 0 Å². The molecule has 5 heteroatoms. The van der Waals surface area contributed by atoms with E-state index in [1.54, 1.807) is 0 Å². The molecule has 2 aromatic heterocycles. The Bertz CT molecular complexity index is 5520. The monoisotopic (exact) mass is 1190 g/mol. The minimum atomic E-state index is -0.496. The van der Waals surface area contributed by atoms with Crippen molar-refractivity contribution in [3.63, 3.8) is 0 Å². The average molecular weight is 1190 g/mol. The Morgan fingerprint density at radius 1 is 0.370 bits per heavy atom. The molecule has 0 saturated heterocycles. The van der Waals surface area contributed by atoms with Crippen LogP contribution < -0.4 is 4.90 Å². The number of nitrogens with zero attached hydrogens (tertiary/aromatic N) is 4. The minimum Gasteiger partial charge on any atom is -0.309 e. The summed E-state index contributed by atoms with van der Waals surface area (Å²) >= 11 is 1.26. The lowest BCUT2D eigenvalue weighted by molar-refractivity contribution is 0.786. The van der Waals surface area contributed by atoms with E-state index < -0.39 is 10.8 Å². The molecule has 0 aliphatic heterocycles. The predicted molar refractivity (Wildman–Crippen MR) is 383 cm³/mol. The van der Waals surface area contributed by atoms with Gasteiger partial charge < -0.3 is 9.47 Å². The Labute approximate surface area is 538 Å². The predicted octanol–water partition coefficient (Wildman–Crippen LogP) is 22.4. The van der Waals surface area contributed by atoms with E-state index in [4.69, 9.17) is 8.75 Å². The van der Waals surface area contributed by atoms with Crippen LogP contribution in [0.4, 0.5) is 17.1 Å². The SMILES string of the molecule is C=CC1=C(/C=C\C)C2(c3cc(-c4ccc(N(c5ccc(-c6ccc7c(c6)C6(c8ccccc8-c8ccccc86)c6ccccc6-7)cc5)c5ccc(-c6ccc(-n7c8ccccc8c8ccccc87)cc6)c6nsnc56)cc4)ccc31)c1ccccc1-c1ccccc12. The van der Waals surface area contributed by atoms with Crippen molar-refractivity contribution in [3.05, 3.63) is 366 Å². The van der Waals surface area contributed by atoms with Crippen molar-refractivity contribution >= 4 is 67.2 Å². The Balaban J connectivity index is 0.735. The molecule has 13 aromatic carbocycles. The van der Waals surface area contributed by atoms with Crippen molar-refractivity contribution in [3.8, 4) is 72.4 Å². The first-order valence-corrected chi connectivity index (χ1v) is 32.4. The van der Waals surface area contributed by atoms with Gasteiger partial charge in [-0.1, -0.05) is 243 Å². The van der Waals surface area contributed by atoms with Crippen LogP contribution in [-0.2, 0) is 10.8 Å². The Morgan fingerprint density at radius 2 is 0.772 bits per heavy atom. The second-order valence-corrected chi connectivity index (χ2v) is 25.2. The van der Waals surface area contributed by atoms with E-state index in [1.807, 2.05) is 0 Å². The van der Waals surface area contributed by atoms with Crippen LogP contribution in [0.25, 0.3) is 111 Å². The minimum absolute atomic E-state index is 0.430. The molecule has 0 fully saturated rings. The fourth-order valence-corrected chi connectivity index (χ4v) is 17.3. The Kier molecular flexibility index (Phi) is 11.4. The topological polar surface area (TPSA) is 34.0 Å². The van der Waals surface area contributed by atoms with E-state index in [9.17, 15) is 0 Å². The summed E-state index contributed by atoms with van der Waals surface area (Å²) in [7, 11) is 0. The molecule has 0 radical (unpaired) electrons. The summed E-state index contributed by atoms with van der Waals surface area (Å²) in [6, 6.07) is 108. The third-order valence-corrected chi connectivity index (χ3v) is 21.0. The molecule has 4 aliphatic rings. The van der Waals surface area contributed by atoms with Crippen LogP contribution in [0.3, 0.4) is 0 Å². The maximum atomic E-state index is 5.15. The molecular weight excluding hydrogens is 1130 g/mol. The molecule has 15 aromatic rings. The molecule has 0 saturated carbocycles. The highest BCUT2D eigenvalue weighted by atomic mass is 32.1. The number of anilines is 3. The van der Waals surface area contributed by atoms with Gasteiger partial charge in [0, 0.05) is 33.4 Å². The van der Waals surface area contributed by atoms with Gasteiger partial charge in [-0.2, -0.15) is 8.75 Å². The first-order valence-electron chi connectivity index (χ1n) is 31.7. The van der Waals surface area contributed by atoms with Gasteiger partial charge in [0.25, 0.3) is 0 Å². The molecule has 0 unspecified atom stereocenters. The normalized spacial score (nSPS) is 14.1. The second kappa shape index (κ2) is 20.0. The second-order valence-electron chi connectivity index (χ2n) is 24.7. The number of aromatic nitrogens is 3. The number of allylic oxidation sites excluding steroid dienone is 5. The van der Waals surface area contributed by atoms with Gasteiger partial charge in [0.2, 0.25) is 0 Å². The summed E-state index contributed by atoms with van der Waals surface area (Å²) in [4.78, 5) is 2.36. The van der Waals surface area contributed by atoms with Crippen LogP contribution in [0.1, 0.15) is 51.4 Å². The van der Waals surface area contributed by atoms with E-state index in [0.717, 1.165) is 61.6 Å². The van der Waals surface area contributed by atoms with E-state index >= 15 is 0 Å². The lowest BCUT2D eigenvalue weighted by atomic mass is 9.69. The van der Waals surface area contributed by atoms with Crippen molar-refractivity contribution in [2.75, 3.05) is 4.90 Å². The number of benzene rings is 13. The summed E-state index contributed by atoms with van der Waals surface area (Å²) in [5.41, 5.74) is 34.6. The van der Waals surface area contributed by atoms with Crippen molar-refractivity contribution in [2.24, 2.45) is 0 Å². The largest absolute Gasteiger partial charge is 0.309 e. The van der Waals surface area contributed by atoms with E-state index in [1.165, 1.54) is 128 Å². The molecule has 19 rings (SSSR count). The molecule has 0 bridgehead atoms. The number of para-hydroxylation sites is 2. The number of hydrogen-bond donors (Lipinski definition) is 0. The summed E-state index contributed by atoms with van der Waals surface area (Å²) in [5.74, 6) is 0. The summed E-state index contributed by atoms with van der Waals surface area (Å²) in [6.45, 7) is 6.54. The van der Waals surface area contributed by atoms with Crippen molar-refractivity contribution < 1.29 is 0 Å². The van der Waals surface area contributed by atoms with Gasteiger partial charge >= 0.3 is 0 Å². The molecule has 0 atom stereocenters. The lowest BCUT2D eigenvalue weighted by Gasteiger charge is -2.32. The zero-order chi connectivity index (χ0) is 60.8. The fraction of sp³-hybridized carbons (Fsp3) is 0.0345. The van der Waals surface area contributed by atoms with Crippen LogP contribution in [0.15, 0.2) is 322 Å². The zero-order valence-corrected chi connectivity index (χ0v) is 51.2. The molecule has 4 nitrogen and oxygen atoms in total. The highest BCUT2D eigenvalue weighted by Crippen LogP contribution is 2.65. The van der Waals surface area contributed by atoms with Gasteiger partial charge in [0.15, 0.2) is 0 Å². The first kappa shape index (κ1) is 52.4. The number of fused-ring (bicyclic) bond motifs is 21. The molecule has 92 heavy (non-hydrogen) atoms. The van der Waals surface area contributed by atoms with Gasteiger partial charge in [-0.15, -0.1) is 0 Å². The quantitative estimate of drug-likeness (QED) is 0.144. The van der Waals surface area contributed by atoms with E-state index in [2.05, 4.69) is 332 Å². The first-order chi connectivity index (χ1) is 45.6. The summed E-state index contributed by atoms with van der Waals surface area (Å²) in [6.07, 6.45) is 6.55. The Hall–Kier alpha value is -11.5. The highest BCUT2D eigenvalue weighted by Gasteiger charge is 2.53. The van der Waals surface area contributed by atoms with Crippen molar-refractivity contribution in [1.82, 2.24) is 13.3 Å². The third-order valence-electron chi connectivity index (χ3n) is 20.5. The number of rotatable bonds is 9. The standard InChI is InChI=1S/C87H56N4S/c1-3-19-73-62(4-2)69-48-40-57(52-79(69)86(73)74-27-12-5-20-64(74)65-21-6-13-28-75(65)86)54-34-42-59(43-35-54)90(83-51-50-63(84-85(83)89-92-88-84)56-38-46-61(47-39-56)91-81-32-17-10-25-71(81)72-26-11-18-33-82(72)91)60-44-36-55(37-45-60)58-41-49-70-68-24-9-16-31-78(68)87(80(70)53-58)76-29-14-7-22-66(76)67-23-8-15-30-77(67)87/h3-53H,2H2,1H3/b19-3-. The average Bonchev–Trinajstić information content (AvgIpc) is 1.52. The lowest BCUT2D eigenvalue weighted by Crippen LogP contribution is -2.26. The number of hydrogen-bond acceptors (Lipinski definition) is 4. The molecule has 2 heterocycles. The molecule has 430 valence electrons. The van der Waals surface area contributed by atoms with Gasteiger partial charge in [0.05, 0.1) is 39.3 Å². The molecule has 4 aliphatic carbocycles. The van der Waals surface area contributed by atoms with E-state index in [0.29, 0.717) is 0 Å². The molecule has 0 amide bonds. The highest BCUT2D eigenvalue weighted by molar-refractivity contribution is 7.00. The van der Waals surface area contributed by atoms with Gasteiger partial charge in [-0.05, 0) is 197 Å². The van der Waals surface area contributed by atoms with Crippen LogP contribution in [0, 0.1) is 0 Å². The van der Waals surface area contributed by atoms with Crippen LogP contribution in [-0.4, -0.2) is 13.3 Å². The maximum absolute atomic E-state index is 5.15. The van der Waals surface area contributed by atoms with Gasteiger partial charge in [0.1, 0.15) is 11.0 Å². The third kappa shape index (κ3) is 7.11. The smallest absolute Gasteiger partial charge is 0.129 e. The molecule has 0 N–H and O–H groups in total. The van der Waals surface area contributed by atoms with Crippen LogP contribution in [0.2, 0.25) is 0 Å². The molecule has 2 spiro atoms. The summed E-state index contributed by atoms with van der Waals surface area (Å²) < 4.78 is 12.6. The maximum Gasteiger partial charge on any atom is 0.129 e. The van der Waals surface area contributed by atoms with Crippen LogP contribution >= 0.6 is 11.7 Å². The Morgan fingerprint density at radius 3 is 1.27 bits per heavy atom. The van der Waals surface area contributed by atoms with Gasteiger partial charge in [-0.25, -0.2) is 0 Å². The van der Waals surface area contributed by atoms with E-state index in [-0.39, 0.29) is 0 Å².